The van der Waals surface area contributed by atoms with Crippen molar-refractivity contribution >= 4 is 27.3 Å². The van der Waals surface area contributed by atoms with Crippen LogP contribution in [0.4, 0.5) is 10.6 Å². The number of urea groups is 1. The molecule has 1 aliphatic rings. The number of nitrogen functional groups attached to an aromatic ring is 1. The lowest BCUT2D eigenvalue weighted by Gasteiger charge is -2.36. The van der Waals surface area contributed by atoms with Crippen LogP contribution in [-0.4, -0.2) is 73.4 Å². The normalized spacial score (nSPS) is 16.8. The fraction of sp³-hybridized carbons (Fsp3) is 0.550. The van der Waals surface area contributed by atoms with Gasteiger partial charge in [0.15, 0.2) is 15.7 Å². The monoisotopic (exact) mass is 469 g/mol. The highest BCUT2D eigenvalue weighted by molar-refractivity contribution is 7.92. The third-order valence-electron chi connectivity index (χ3n) is 5.09. The van der Waals surface area contributed by atoms with Crippen LogP contribution >= 0.6 is 0 Å². The number of aliphatic hydroxyl groups excluding tert-OH is 2. The maximum atomic E-state index is 13.3. The number of ether oxygens (including phenoxy) is 1. The highest BCUT2D eigenvalue weighted by Crippen LogP contribution is 2.40. The van der Waals surface area contributed by atoms with E-state index in [-0.39, 0.29) is 69.6 Å². The molecule has 1 aliphatic heterocycles. The first kappa shape index (κ1) is 25.7. The summed E-state index contributed by atoms with van der Waals surface area (Å²) in [5.74, 6) is 0.258. The van der Waals surface area contributed by atoms with Crippen LogP contribution in [0, 0.1) is 0 Å². The number of aliphatic hydroxyl groups is 2. The molecular weight excluding hydrogens is 438 g/mol. The molecule has 12 heteroatoms. The molecule has 0 aliphatic carbocycles. The molecule has 1 fully saturated rings. The second kappa shape index (κ2) is 11.9. The van der Waals surface area contributed by atoms with Gasteiger partial charge >= 0.3 is 6.03 Å². The first-order valence-electron chi connectivity index (χ1n) is 10.3. The first-order valence-corrected chi connectivity index (χ1v) is 12.0. The van der Waals surface area contributed by atoms with Gasteiger partial charge in [-0.25, -0.2) is 23.2 Å². The average molecular weight is 470 g/mol. The summed E-state index contributed by atoms with van der Waals surface area (Å²) >= 11 is 0. The molecule has 2 heterocycles. The van der Waals surface area contributed by atoms with Crippen LogP contribution in [0.25, 0.3) is 5.57 Å². The lowest BCUT2D eigenvalue weighted by Crippen LogP contribution is -2.43. The standard InChI is InChI=1S/C20H31N5O6S/c1-15(4-2-7-22-19(28)23-8-10-27)18-24-16(14-17(21)25-18)20(5-11-31-12-6-20)32(29,30)13-3-9-26/h2,4,7,14,26-27H,3,5-6,8-13H2,1H3,(H2,21,24,25)(H2,22,23,28)/b7-2+,15-4+. The van der Waals surface area contributed by atoms with Crippen molar-refractivity contribution in [3.8, 4) is 0 Å². The molecule has 1 aromatic rings. The van der Waals surface area contributed by atoms with Gasteiger partial charge in [-0.2, -0.15) is 0 Å². The van der Waals surface area contributed by atoms with Gasteiger partial charge in [0.05, 0.1) is 18.1 Å². The maximum Gasteiger partial charge on any atom is 0.318 e. The summed E-state index contributed by atoms with van der Waals surface area (Å²) in [4.78, 5) is 20.2. The number of allylic oxidation sites excluding steroid dienone is 3. The Bertz CT molecular complexity index is 942. The molecule has 0 radical (unpaired) electrons. The minimum absolute atomic E-state index is 0.140. The van der Waals surface area contributed by atoms with Gasteiger partial charge in [-0.05, 0) is 37.8 Å². The minimum Gasteiger partial charge on any atom is -0.396 e. The van der Waals surface area contributed by atoms with Crippen LogP contribution in [0.15, 0.2) is 24.4 Å². The van der Waals surface area contributed by atoms with E-state index >= 15 is 0 Å². The van der Waals surface area contributed by atoms with Gasteiger partial charge in [0.25, 0.3) is 0 Å². The predicted octanol–water partition coefficient (Wildman–Crippen LogP) is 0.0702. The number of nitrogens with zero attached hydrogens (tertiary/aromatic N) is 2. The molecule has 1 saturated heterocycles. The summed E-state index contributed by atoms with van der Waals surface area (Å²) in [6.07, 6.45) is 5.26. The summed E-state index contributed by atoms with van der Waals surface area (Å²) < 4.78 is 30.7. The van der Waals surface area contributed by atoms with Crippen molar-refractivity contribution < 1.29 is 28.2 Å². The molecular formula is C20H31N5O6S. The second-order valence-corrected chi connectivity index (χ2v) is 9.76. The van der Waals surface area contributed by atoms with E-state index in [2.05, 4.69) is 20.6 Å². The Balaban J connectivity index is 2.32. The van der Waals surface area contributed by atoms with Crippen molar-refractivity contribution in [1.29, 1.82) is 0 Å². The molecule has 32 heavy (non-hydrogen) atoms. The number of anilines is 1. The molecule has 11 nitrogen and oxygen atoms in total. The number of rotatable bonds is 10. The van der Waals surface area contributed by atoms with E-state index in [1.807, 2.05) is 0 Å². The van der Waals surface area contributed by atoms with Gasteiger partial charge in [-0.15, -0.1) is 0 Å². The Morgan fingerprint density at radius 1 is 1.28 bits per heavy atom. The van der Waals surface area contributed by atoms with Crippen LogP contribution in [0.5, 0.6) is 0 Å². The Kier molecular flexibility index (Phi) is 9.57. The molecule has 0 unspecified atom stereocenters. The quantitative estimate of drug-likeness (QED) is 0.297. The first-order chi connectivity index (χ1) is 15.3. The zero-order chi connectivity index (χ0) is 23.6. The lowest BCUT2D eigenvalue weighted by atomic mass is 9.94. The van der Waals surface area contributed by atoms with E-state index in [0.717, 1.165) is 0 Å². The summed E-state index contributed by atoms with van der Waals surface area (Å²) in [5.41, 5.74) is 6.93. The molecule has 178 valence electrons. The Hall–Kier alpha value is -2.54. The molecule has 0 saturated carbocycles. The topological polar surface area (TPSA) is 177 Å². The number of carbonyl (C=O) groups is 1. The van der Waals surface area contributed by atoms with Gasteiger partial charge in [-0.1, -0.05) is 6.08 Å². The molecule has 6 N–H and O–H groups in total. The number of hydrogen-bond acceptors (Lipinski definition) is 9. The summed E-state index contributed by atoms with van der Waals surface area (Å²) in [6, 6.07) is 1.03. The third kappa shape index (κ3) is 6.48. The van der Waals surface area contributed by atoms with E-state index < -0.39 is 20.6 Å². The lowest BCUT2D eigenvalue weighted by molar-refractivity contribution is 0.0729. The van der Waals surface area contributed by atoms with E-state index in [1.165, 1.54) is 12.3 Å². The molecule has 0 bridgehead atoms. The Morgan fingerprint density at radius 2 is 2.00 bits per heavy atom. The molecule has 0 atom stereocenters. The summed E-state index contributed by atoms with van der Waals surface area (Å²) in [5, 5.41) is 22.7. The smallest absolute Gasteiger partial charge is 0.318 e. The second-order valence-electron chi connectivity index (χ2n) is 7.34. The molecule has 1 aromatic heterocycles. The molecule has 0 aromatic carbocycles. The van der Waals surface area contributed by atoms with Gasteiger partial charge < -0.3 is 31.3 Å². The fourth-order valence-electron chi connectivity index (χ4n) is 3.36. The van der Waals surface area contributed by atoms with Crippen LogP contribution in [0.3, 0.4) is 0 Å². The van der Waals surface area contributed by atoms with E-state index in [0.29, 0.717) is 11.3 Å². The predicted molar refractivity (Wildman–Crippen MR) is 120 cm³/mol. The molecule has 2 rings (SSSR count). The summed E-state index contributed by atoms with van der Waals surface area (Å²) in [7, 11) is -3.65. The maximum absolute atomic E-state index is 13.3. The Labute approximate surface area is 187 Å². The van der Waals surface area contributed by atoms with E-state index in [1.54, 1.807) is 19.1 Å². The Morgan fingerprint density at radius 3 is 2.66 bits per heavy atom. The number of nitrogens with two attached hydrogens (primary N) is 1. The fourth-order valence-corrected chi connectivity index (χ4v) is 5.48. The van der Waals surface area contributed by atoms with Gasteiger partial charge in [0.1, 0.15) is 10.6 Å². The van der Waals surface area contributed by atoms with Gasteiger partial charge in [0, 0.05) is 38.6 Å². The van der Waals surface area contributed by atoms with Crippen molar-refractivity contribution in [3.63, 3.8) is 0 Å². The highest BCUT2D eigenvalue weighted by Gasteiger charge is 2.47. The zero-order valence-corrected chi connectivity index (χ0v) is 18.9. The zero-order valence-electron chi connectivity index (χ0n) is 18.1. The van der Waals surface area contributed by atoms with Gasteiger partial charge in [-0.3, -0.25) is 0 Å². The van der Waals surface area contributed by atoms with Gasteiger partial charge in [0.2, 0.25) is 0 Å². The van der Waals surface area contributed by atoms with Crippen molar-refractivity contribution in [2.24, 2.45) is 0 Å². The van der Waals surface area contributed by atoms with Crippen LogP contribution in [0.1, 0.15) is 37.7 Å². The van der Waals surface area contributed by atoms with E-state index in [9.17, 15) is 13.2 Å². The van der Waals surface area contributed by atoms with Crippen LogP contribution < -0.4 is 16.4 Å². The molecule has 2 amide bonds. The number of aromatic nitrogens is 2. The van der Waals surface area contributed by atoms with Crippen molar-refractivity contribution in [3.05, 3.63) is 35.9 Å². The van der Waals surface area contributed by atoms with Crippen LogP contribution in [0.2, 0.25) is 0 Å². The number of sulfone groups is 1. The van der Waals surface area contributed by atoms with Crippen LogP contribution in [-0.2, 0) is 19.3 Å². The number of nitrogens with one attached hydrogen (secondary N) is 2. The van der Waals surface area contributed by atoms with Crippen molar-refractivity contribution in [2.45, 2.75) is 30.9 Å². The van der Waals surface area contributed by atoms with E-state index in [4.69, 9.17) is 20.7 Å². The highest BCUT2D eigenvalue weighted by atomic mass is 32.2. The van der Waals surface area contributed by atoms with Crippen molar-refractivity contribution in [2.75, 3.05) is 44.5 Å². The summed E-state index contributed by atoms with van der Waals surface area (Å²) in [6.45, 7) is 2.06. The molecule has 0 spiro atoms. The number of amides is 2. The van der Waals surface area contributed by atoms with Crippen molar-refractivity contribution in [1.82, 2.24) is 20.6 Å². The largest absolute Gasteiger partial charge is 0.396 e. The average Bonchev–Trinajstić information content (AvgIpc) is 2.78. The third-order valence-corrected chi connectivity index (χ3v) is 7.72. The minimum atomic E-state index is -3.65. The number of hydrogen-bond donors (Lipinski definition) is 5. The number of carbonyl (C=O) groups excluding carboxylic acids is 1. The SMILES string of the molecule is C/C(=C\C=C\NC(=O)NCCO)c1nc(N)cc(C2(S(=O)(=O)CCCO)CCOCC2)n1.